The Bertz CT molecular complexity index is 1110. The Kier molecular flexibility index (Phi) is 7.20. The Labute approximate surface area is 182 Å². The second-order valence-corrected chi connectivity index (χ2v) is 10.9. The molecule has 0 bridgehead atoms. The number of rotatable bonds is 10. The molecule has 2 aromatic heterocycles. The first-order valence-electron chi connectivity index (χ1n) is 10.2. The lowest BCUT2D eigenvalue weighted by Crippen LogP contribution is -2.22. The number of aromatic nitrogens is 4. The predicted octanol–water partition coefficient (Wildman–Crippen LogP) is 4.28. The minimum Gasteiger partial charge on any atom is -0.338 e. The average molecular weight is 452 g/mol. The molecule has 3 aromatic rings. The van der Waals surface area contributed by atoms with Crippen LogP contribution >= 0.6 is 11.8 Å². The van der Waals surface area contributed by atoms with E-state index in [0.29, 0.717) is 11.4 Å². The molecule has 0 aliphatic rings. The Morgan fingerprint density at radius 3 is 2.63 bits per heavy atom. The Morgan fingerprint density at radius 2 is 1.97 bits per heavy atom. The van der Waals surface area contributed by atoms with Crippen LogP contribution in [0.1, 0.15) is 57.0 Å². The van der Waals surface area contributed by atoms with E-state index in [9.17, 15) is 8.42 Å². The lowest BCUT2D eigenvalue weighted by molar-refractivity contribution is 0.374. The number of thioether (sulfide) groups is 1. The van der Waals surface area contributed by atoms with Crippen LogP contribution in [0.4, 0.5) is 0 Å². The quantitative estimate of drug-likeness (QED) is 0.425. The maximum Gasteiger partial charge on any atom is 0.242 e. The van der Waals surface area contributed by atoms with Gasteiger partial charge in [-0.2, -0.15) is 4.98 Å². The molecule has 0 aliphatic heterocycles. The van der Waals surface area contributed by atoms with Gasteiger partial charge in [0.2, 0.25) is 15.9 Å². The number of unbranched alkanes of at least 4 members (excludes halogenated alkanes) is 1. The number of hydrogen-bond acceptors (Lipinski definition) is 7. The fourth-order valence-electron chi connectivity index (χ4n) is 3.05. The third kappa shape index (κ3) is 4.70. The summed E-state index contributed by atoms with van der Waals surface area (Å²) < 4.78 is 33.8. The molecule has 8 nitrogen and oxygen atoms in total. The molecule has 0 N–H and O–H groups in total. The number of sulfonamides is 1. The molecule has 3 rings (SSSR count). The SMILES string of the molecule is CCCCn1c(S[C@H](C)c2nc(CCC)no2)nc2cc(S(=O)(=O)N(C)C)ccc21. The van der Waals surface area contributed by atoms with Gasteiger partial charge < -0.3 is 9.09 Å². The number of aryl methyl sites for hydroxylation is 2. The van der Waals surface area contributed by atoms with Crippen molar-refractivity contribution in [3.63, 3.8) is 0 Å². The topological polar surface area (TPSA) is 94.1 Å². The number of imidazole rings is 1. The largest absolute Gasteiger partial charge is 0.338 e. The molecule has 0 saturated heterocycles. The van der Waals surface area contributed by atoms with Crippen molar-refractivity contribution in [1.82, 2.24) is 24.0 Å². The van der Waals surface area contributed by atoms with Crippen molar-refractivity contribution >= 4 is 32.8 Å². The van der Waals surface area contributed by atoms with E-state index in [1.165, 1.54) is 18.4 Å². The highest BCUT2D eigenvalue weighted by molar-refractivity contribution is 7.99. The summed E-state index contributed by atoms with van der Waals surface area (Å²) in [6.45, 7) is 7.05. The van der Waals surface area contributed by atoms with E-state index in [2.05, 4.69) is 28.6 Å². The molecule has 30 heavy (non-hydrogen) atoms. The van der Waals surface area contributed by atoms with Gasteiger partial charge in [0, 0.05) is 27.1 Å². The minimum atomic E-state index is -3.51. The fourth-order valence-corrected chi connectivity index (χ4v) is 4.95. The zero-order valence-electron chi connectivity index (χ0n) is 18.1. The second kappa shape index (κ2) is 9.49. The van der Waals surface area contributed by atoms with E-state index >= 15 is 0 Å². The second-order valence-electron chi connectivity index (χ2n) is 7.40. The van der Waals surface area contributed by atoms with Crippen LogP contribution in [0.5, 0.6) is 0 Å². The van der Waals surface area contributed by atoms with Gasteiger partial charge >= 0.3 is 0 Å². The molecule has 0 fully saturated rings. The van der Waals surface area contributed by atoms with E-state index in [0.717, 1.165) is 48.7 Å². The molecular weight excluding hydrogens is 422 g/mol. The van der Waals surface area contributed by atoms with Crippen LogP contribution in [0.2, 0.25) is 0 Å². The van der Waals surface area contributed by atoms with Crippen LogP contribution in [-0.2, 0) is 23.0 Å². The van der Waals surface area contributed by atoms with Gasteiger partial charge in [-0.1, -0.05) is 37.2 Å². The summed E-state index contributed by atoms with van der Waals surface area (Å²) in [6.07, 6.45) is 3.81. The van der Waals surface area contributed by atoms with Crippen molar-refractivity contribution in [2.75, 3.05) is 14.1 Å². The van der Waals surface area contributed by atoms with Crippen molar-refractivity contribution in [2.24, 2.45) is 0 Å². The molecule has 0 radical (unpaired) electrons. The van der Waals surface area contributed by atoms with Gasteiger partial charge in [0.25, 0.3) is 0 Å². The highest BCUT2D eigenvalue weighted by Gasteiger charge is 2.22. The van der Waals surface area contributed by atoms with Crippen molar-refractivity contribution in [3.8, 4) is 0 Å². The summed E-state index contributed by atoms with van der Waals surface area (Å²) in [5.74, 6) is 1.30. The van der Waals surface area contributed by atoms with E-state index in [-0.39, 0.29) is 10.1 Å². The van der Waals surface area contributed by atoms with Gasteiger partial charge in [-0.15, -0.1) is 0 Å². The van der Waals surface area contributed by atoms with Gasteiger partial charge in [-0.05, 0) is 38.0 Å². The maximum atomic E-state index is 12.5. The van der Waals surface area contributed by atoms with Gasteiger partial charge in [0.1, 0.15) is 0 Å². The zero-order valence-corrected chi connectivity index (χ0v) is 19.8. The summed E-state index contributed by atoms with van der Waals surface area (Å²) in [5, 5.41) is 4.80. The van der Waals surface area contributed by atoms with Gasteiger partial charge in [-0.25, -0.2) is 17.7 Å². The Balaban J connectivity index is 1.97. The summed E-state index contributed by atoms with van der Waals surface area (Å²) >= 11 is 1.55. The number of fused-ring (bicyclic) bond motifs is 1. The molecule has 164 valence electrons. The van der Waals surface area contributed by atoms with Crippen molar-refractivity contribution in [3.05, 3.63) is 29.9 Å². The first kappa shape index (κ1) is 22.8. The Hall–Kier alpha value is -1.91. The number of nitrogens with zero attached hydrogens (tertiary/aromatic N) is 5. The van der Waals surface area contributed by atoms with E-state index < -0.39 is 10.0 Å². The Morgan fingerprint density at radius 1 is 1.20 bits per heavy atom. The standard InChI is InChI=1S/C20H29N5O3S2/c1-6-8-12-25-17-11-10-15(30(26,27)24(4)5)13-16(17)21-20(25)29-14(3)19-22-18(9-7-2)23-28-19/h10-11,13-14H,6-9,12H2,1-5H3/t14-/m1/s1. The first-order chi connectivity index (χ1) is 14.3. The molecule has 1 aromatic carbocycles. The monoisotopic (exact) mass is 451 g/mol. The smallest absolute Gasteiger partial charge is 0.242 e. The number of benzene rings is 1. The van der Waals surface area contributed by atoms with Crippen molar-refractivity contribution in [2.45, 2.75) is 68.3 Å². The molecule has 10 heteroatoms. The average Bonchev–Trinajstić information content (AvgIpc) is 3.30. The molecule has 0 aliphatic carbocycles. The van der Waals surface area contributed by atoms with Crippen molar-refractivity contribution in [1.29, 1.82) is 0 Å². The van der Waals surface area contributed by atoms with Crippen LogP contribution in [0.25, 0.3) is 11.0 Å². The van der Waals surface area contributed by atoms with E-state index in [1.54, 1.807) is 23.9 Å². The van der Waals surface area contributed by atoms with E-state index in [1.807, 2.05) is 13.0 Å². The normalized spacial score (nSPS) is 13.4. The predicted molar refractivity (Wildman–Crippen MR) is 118 cm³/mol. The van der Waals surface area contributed by atoms with E-state index in [4.69, 9.17) is 9.51 Å². The van der Waals surface area contributed by atoms with Crippen molar-refractivity contribution < 1.29 is 12.9 Å². The summed E-state index contributed by atoms with van der Waals surface area (Å²) in [5.41, 5.74) is 1.59. The molecule has 0 saturated carbocycles. The van der Waals surface area contributed by atoms with Crippen LogP contribution in [0, 0.1) is 0 Å². The van der Waals surface area contributed by atoms with Gasteiger partial charge in [0.15, 0.2) is 11.0 Å². The lowest BCUT2D eigenvalue weighted by Gasteiger charge is -2.12. The molecule has 0 unspecified atom stereocenters. The van der Waals surface area contributed by atoms with Crippen LogP contribution in [0.15, 0.2) is 32.8 Å². The first-order valence-corrected chi connectivity index (χ1v) is 12.5. The summed E-state index contributed by atoms with van der Waals surface area (Å²) in [4.78, 5) is 9.49. The molecule has 0 amide bonds. The zero-order chi connectivity index (χ0) is 21.9. The minimum absolute atomic E-state index is 0.0646. The van der Waals surface area contributed by atoms with Crippen LogP contribution < -0.4 is 0 Å². The molecule has 0 spiro atoms. The third-order valence-corrected chi connectivity index (χ3v) is 7.67. The van der Waals surface area contributed by atoms with Gasteiger partial charge in [0.05, 0.1) is 21.2 Å². The third-order valence-electron chi connectivity index (χ3n) is 4.79. The lowest BCUT2D eigenvalue weighted by atomic mass is 10.3. The maximum absolute atomic E-state index is 12.5. The van der Waals surface area contributed by atoms with Gasteiger partial charge in [-0.3, -0.25) is 0 Å². The summed E-state index contributed by atoms with van der Waals surface area (Å²) in [6, 6.07) is 5.14. The van der Waals surface area contributed by atoms with Crippen LogP contribution in [0.3, 0.4) is 0 Å². The summed E-state index contributed by atoms with van der Waals surface area (Å²) in [7, 11) is -0.459. The molecule has 1 atom stereocenters. The molecular formula is C20H29N5O3S2. The molecule has 2 heterocycles. The highest BCUT2D eigenvalue weighted by Crippen LogP contribution is 2.36. The highest BCUT2D eigenvalue weighted by atomic mass is 32.2. The fraction of sp³-hybridized carbons (Fsp3) is 0.550. The number of hydrogen-bond donors (Lipinski definition) is 0. The van der Waals surface area contributed by atoms with Crippen LogP contribution in [-0.4, -0.2) is 46.5 Å².